The molecule has 0 amide bonds. The molecular formula is C14H20N2S. The van der Waals surface area contributed by atoms with Crippen LogP contribution in [0.4, 0.5) is 5.69 Å². The van der Waals surface area contributed by atoms with Gasteiger partial charge in [-0.15, -0.1) is 0 Å². The van der Waals surface area contributed by atoms with E-state index >= 15 is 0 Å². The zero-order valence-corrected chi connectivity index (χ0v) is 11.2. The number of nitrogens with zero attached hydrogens (tertiary/aromatic N) is 1. The van der Waals surface area contributed by atoms with Gasteiger partial charge in [0.15, 0.2) is 0 Å². The maximum absolute atomic E-state index is 5.61. The molecule has 0 radical (unpaired) electrons. The van der Waals surface area contributed by atoms with Gasteiger partial charge in [-0.1, -0.05) is 19.1 Å². The van der Waals surface area contributed by atoms with E-state index in [4.69, 9.17) is 18.0 Å². The first kappa shape index (κ1) is 12.4. The normalized spacial score (nSPS) is 20.3. The predicted octanol–water partition coefficient (Wildman–Crippen LogP) is 3.09. The average molecular weight is 248 g/mol. The summed E-state index contributed by atoms with van der Waals surface area (Å²) >= 11 is 4.97. The van der Waals surface area contributed by atoms with Gasteiger partial charge >= 0.3 is 0 Å². The second kappa shape index (κ2) is 5.50. The Morgan fingerprint density at radius 2 is 2.06 bits per heavy atom. The van der Waals surface area contributed by atoms with E-state index in [1.165, 1.54) is 37.9 Å². The van der Waals surface area contributed by atoms with Crippen molar-refractivity contribution in [2.24, 2.45) is 5.73 Å². The van der Waals surface area contributed by atoms with Gasteiger partial charge in [0, 0.05) is 23.8 Å². The highest BCUT2D eigenvalue weighted by Crippen LogP contribution is 2.26. The highest BCUT2D eigenvalue weighted by atomic mass is 32.1. The van der Waals surface area contributed by atoms with Gasteiger partial charge in [-0.3, -0.25) is 0 Å². The van der Waals surface area contributed by atoms with E-state index in [1.54, 1.807) is 0 Å². The first-order valence-electron chi connectivity index (χ1n) is 6.39. The van der Waals surface area contributed by atoms with Crippen molar-refractivity contribution < 1.29 is 0 Å². The van der Waals surface area contributed by atoms with Gasteiger partial charge in [0.2, 0.25) is 0 Å². The number of benzene rings is 1. The molecule has 0 saturated carbocycles. The van der Waals surface area contributed by atoms with E-state index in [-0.39, 0.29) is 0 Å². The molecule has 3 heteroatoms. The number of rotatable bonds is 3. The second-order valence-electron chi connectivity index (χ2n) is 4.66. The van der Waals surface area contributed by atoms with E-state index < -0.39 is 0 Å². The van der Waals surface area contributed by atoms with Crippen molar-refractivity contribution in [1.82, 2.24) is 0 Å². The fourth-order valence-electron chi connectivity index (χ4n) is 2.58. The molecule has 1 atom stereocenters. The molecule has 92 valence electrons. The van der Waals surface area contributed by atoms with Gasteiger partial charge in [-0.2, -0.15) is 0 Å². The molecule has 0 aromatic heterocycles. The fraction of sp³-hybridized carbons (Fsp3) is 0.500. The molecule has 1 unspecified atom stereocenters. The third-order valence-electron chi connectivity index (χ3n) is 3.58. The largest absolute Gasteiger partial charge is 0.389 e. The number of hydrogen-bond acceptors (Lipinski definition) is 2. The third kappa shape index (κ3) is 2.78. The average Bonchev–Trinajstić information content (AvgIpc) is 2.39. The van der Waals surface area contributed by atoms with Crippen molar-refractivity contribution in [2.45, 2.75) is 38.6 Å². The van der Waals surface area contributed by atoms with Crippen LogP contribution in [-0.4, -0.2) is 17.6 Å². The van der Waals surface area contributed by atoms with Crippen molar-refractivity contribution in [3.63, 3.8) is 0 Å². The number of thiocarbonyl (C=S) groups is 1. The van der Waals surface area contributed by atoms with Crippen LogP contribution in [0, 0.1) is 0 Å². The lowest BCUT2D eigenvalue weighted by molar-refractivity contribution is 0.450. The minimum absolute atomic E-state index is 0.474. The molecule has 0 bridgehead atoms. The first-order chi connectivity index (χ1) is 8.22. The van der Waals surface area contributed by atoms with Gasteiger partial charge in [-0.25, -0.2) is 0 Å². The lowest BCUT2D eigenvalue weighted by Gasteiger charge is -2.37. The highest BCUT2D eigenvalue weighted by molar-refractivity contribution is 7.80. The molecule has 0 aliphatic carbocycles. The fourth-order valence-corrected chi connectivity index (χ4v) is 2.72. The molecule has 1 heterocycles. The van der Waals surface area contributed by atoms with Crippen LogP contribution in [-0.2, 0) is 0 Å². The Hall–Kier alpha value is -1.09. The van der Waals surface area contributed by atoms with E-state index in [9.17, 15) is 0 Å². The molecule has 1 aliphatic rings. The lowest BCUT2D eigenvalue weighted by atomic mass is 9.99. The van der Waals surface area contributed by atoms with Crippen molar-refractivity contribution >= 4 is 22.9 Å². The third-order valence-corrected chi connectivity index (χ3v) is 3.82. The Balaban J connectivity index is 2.17. The maximum atomic E-state index is 5.61. The predicted molar refractivity (Wildman–Crippen MR) is 77.6 cm³/mol. The number of anilines is 1. The minimum Gasteiger partial charge on any atom is -0.389 e. The van der Waals surface area contributed by atoms with Crippen LogP contribution >= 0.6 is 12.2 Å². The Morgan fingerprint density at radius 3 is 2.65 bits per heavy atom. The zero-order valence-electron chi connectivity index (χ0n) is 10.4. The van der Waals surface area contributed by atoms with Crippen LogP contribution in [0.1, 0.15) is 38.2 Å². The lowest BCUT2D eigenvalue weighted by Crippen LogP contribution is -2.39. The summed E-state index contributed by atoms with van der Waals surface area (Å²) in [7, 11) is 0. The Labute approximate surface area is 109 Å². The highest BCUT2D eigenvalue weighted by Gasteiger charge is 2.20. The van der Waals surface area contributed by atoms with Crippen LogP contribution in [0.2, 0.25) is 0 Å². The second-order valence-corrected chi connectivity index (χ2v) is 5.10. The molecule has 2 rings (SSSR count). The smallest absolute Gasteiger partial charge is 0.103 e. The molecule has 0 spiro atoms. The summed E-state index contributed by atoms with van der Waals surface area (Å²) in [6.45, 7) is 3.44. The Kier molecular flexibility index (Phi) is 4.00. The van der Waals surface area contributed by atoms with Crippen molar-refractivity contribution in [3.8, 4) is 0 Å². The number of nitrogens with two attached hydrogens (primary N) is 1. The van der Waals surface area contributed by atoms with Crippen LogP contribution in [0.25, 0.3) is 0 Å². The monoisotopic (exact) mass is 248 g/mol. The summed E-state index contributed by atoms with van der Waals surface area (Å²) in [5.41, 5.74) is 7.87. The van der Waals surface area contributed by atoms with E-state index in [0.717, 1.165) is 5.56 Å². The van der Waals surface area contributed by atoms with Gasteiger partial charge in [0.25, 0.3) is 0 Å². The van der Waals surface area contributed by atoms with Crippen LogP contribution in [0.15, 0.2) is 24.3 Å². The van der Waals surface area contributed by atoms with Gasteiger partial charge < -0.3 is 10.6 Å². The summed E-state index contributed by atoms with van der Waals surface area (Å²) in [4.78, 5) is 2.99. The summed E-state index contributed by atoms with van der Waals surface area (Å²) < 4.78 is 0. The summed E-state index contributed by atoms with van der Waals surface area (Å²) in [5.74, 6) is 0. The first-order valence-corrected chi connectivity index (χ1v) is 6.79. The summed E-state index contributed by atoms with van der Waals surface area (Å²) in [5, 5.41) is 0. The minimum atomic E-state index is 0.474. The number of piperidine rings is 1. The molecule has 1 aromatic carbocycles. The zero-order chi connectivity index (χ0) is 12.3. The van der Waals surface area contributed by atoms with Crippen molar-refractivity contribution in [2.75, 3.05) is 11.4 Å². The molecule has 1 saturated heterocycles. The maximum Gasteiger partial charge on any atom is 0.103 e. The van der Waals surface area contributed by atoms with Gasteiger partial charge in [-0.05, 0) is 49.9 Å². The molecule has 1 aromatic rings. The van der Waals surface area contributed by atoms with Gasteiger partial charge in [0.05, 0.1) is 0 Å². The number of hydrogen-bond donors (Lipinski definition) is 1. The van der Waals surface area contributed by atoms with Crippen LogP contribution < -0.4 is 10.6 Å². The Bertz CT molecular complexity index is 386. The SMILES string of the molecule is CCC1CCCCN1c1ccc(C(N)=S)cc1. The van der Waals surface area contributed by atoms with Crippen LogP contribution in [0.5, 0.6) is 0 Å². The standard InChI is InChI=1S/C14H20N2S/c1-2-12-5-3-4-10-16(12)13-8-6-11(7-9-13)14(15)17/h6-9,12H,2-5,10H2,1H3,(H2,15,17). The van der Waals surface area contributed by atoms with Crippen LogP contribution in [0.3, 0.4) is 0 Å². The Morgan fingerprint density at radius 1 is 1.35 bits per heavy atom. The molecule has 1 fully saturated rings. The van der Waals surface area contributed by atoms with E-state index in [2.05, 4.69) is 24.0 Å². The van der Waals surface area contributed by atoms with Gasteiger partial charge in [0.1, 0.15) is 4.99 Å². The van der Waals surface area contributed by atoms with Crippen molar-refractivity contribution in [3.05, 3.63) is 29.8 Å². The topological polar surface area (TPSA) is 29.3 Å². The summed E-state index contributed by atoms with van der Waals surface area (Å²) in [6, 6.07) is 9.03. The quantitative estimate of drug-likeness (QED) is 0.834. The van der Waals surface area contributed by atoms with E-state index in [0.29, 0.717) is 11.0 Å². The summed E-state index contributed by atoms with van der Waals surface area (Å²) in [6.07, 6.45) is 5.19. The molecule has 2 N–H and O–H groups in total. The molecule has 2 nitrogen and oxygen atoms in total. The van der Waals surface area contributed by atoms with Crippen molar-refractivity contribution in [1.29, 1.82) is 0 Å². The molecule has 1 aliphatic heterocycles. The molecule has 17 heavy (non-hydrogen) atoms. The van der Waals surface area contributed by atoms with E-state index in [1.807, 2.05) is 12.1 Å². The molecular weight excluding hydrogens is 228 g/mol.